The molecular weight excluding hydrogens is 224 g/mol. The molecule has 0 unspecified atom stereocenters. The minimum Gasteiger partial charge on any atom is -0.388 e. The van der Waals surface area contributed by atoms with Gasteiger partial charge in [0, 0.05) is 18.7 Å². The van der Waals surface area contributed by atoms with Crippen LogP contribution in [0.1, 0.15) is 17.0 Å². The molecule has 1 saturated heterocycles. The predicted octanol–water partition coefficient (Wildman–Crippen LogP) is -0.602. The first kappa shape index (κ1) is 12.1. The molecule has 0 saturated carbocycles. The molecule has 0 bridgehead atoms. The highest BCUT2D eigenvalue weighted by atomic mass is 16.5. The molecule has 6 nitrogen and oxygen atoms in total. The van der Waals surface area contributed by atoms with Crippen LogP contribution in [0.25, 0.3) is 0 Å². The molecule has 0 radical (unpaired) electrons. The van der Waals surface area contributed by atoms with Crippen LogP contribution >= 0.6 is 0 Å². The van der Waals surface area contributed by atoms with Gasteiger partial charge in [-0.2, -0.15) is 0 Å². The Morgan fingerprint density at radius 3 is 2.47 bits per heavy atom. The Labute approximate surface area is 98.8 Å². The quantitative estimate of drug-likeness (QED) is 0.720. The molecule has 6 heteroatoms. The summed E-state index contributed by atoms with van der Waals surface area (Å²) in [6.45, 7) is 3.91. The number of aliphatic hydroxyl groups is 2. The smallest absolute Gasteiger partial charge is 0.227 e. The van der Waals surface area contributed by atoms with Crippen LogP contribution in [0.15, 0.2) is 4.52 Å². The van der Waals surface area contributed by atoms with Crippen LogP contribution in [0.4, 0.5) is 0 Å². The third-order valence-electron chi connectivity index (χ3n) is 3.12. The molecule has 0 spiro atoms. The lowest BCUT2D eigenvalue weighted by molar-refractivity contribution is -0.130. The van der Waals surface area contributed by atoms with Crippen molar-refractivity contribution in [1.29, 1.82) is 0 Å². The molecule has 17 heavy (non-hydrogen) atoms. The lowest BCUT2D eigenvalue weighted by Gasteiger charge is -2.14. The highest BCUT2D eigenvalue weighted by Gasteiger charge is 2.32. The van der Waals surface area contributed by atoms with Gasteiger partial charge in [0.1, 0.15) is 5.76 Å². The molecular formula is C11H16N2O4. The van der Waals surface area contributed by atoms with Crippen molar-refractivity contribution in [2.75, 3.05) is 13.1 Å². The van der Waals surface area contributed by atoms with Crippen LogP contribution in [-0.2, 0) is 11.2 Å². The van der Waals surface area contributed by atoms with Gasteiger partial charge in [0.05, 0.1) is 24.3 Å². The minimum atomic E-state index is -0.844. The van der Waals surface area contributed by atoms with Crippen molar-refractivity contribution in [2.45, 2.75) is 32.5 Å². The number of aliphatic hydroxyl groups excluding tert-OH is 2. The van der Waals surface area contributed by atoms with Gasteiger partial charge in [-0.05, 0) is 13.8 Å². The Kier molecular flexibility index (Phi) is 3.17. The fourth-order valence-electron chi connectivity index (χ4n) is 1.99. The van der Waals surface area contributed by atoms with Gasteiger partial charge in [0.25, 0.3) is 0 Å². The van der Waals surface area contributed by atoms with Gasteiger partial charge < -0.3 is 19.6 Å². The highest BCUT2D eigenvalue weighted by Crippen LogP contribution is 2.16. The summed E-state index contributed by atoms with van der Waals surface area (Å²) < 4.78 is 4.98. The maximum absolute atomic E-state index is 11.9. The zero-order valence-electron chi connectivity index (χ0n) is 9.88. The van der Waals surface area contributed by atoms with E-state index in [4.69, 9.17) is 4.52 Å². The van der Waals surface area contributed by atoms with Crippen LogP contribution in [0, 0.1) is 13.8 Å². The molecule has 1 aliphatic heterocycles. The second-order valence-corrected chi connectivity index (χ2v) is 4.41. The van der Waals surface area contributed by atoms with E-state index in [1.54, 1.807) is 13.8 Å². The predicted molar refractivity (Wildman–Crippen MR) is 58.3 cm³/mol. The van der Waals surface area contributed by atoms with E-state index in [9.17, 15) is 15.0 Å². The molecule has 2 rings (SSSR count). The molecule has 94 valence electrons. The van der Waals surface area contributed by atoms with Crippen molar-refractivity contribution in [3.63, 3.8) is 0 Å². The van der Waals surface area contributed by atoms with Gasteiger partial charge in [0.2, 0.25) is 5.91 Å². The Morgan fingerprint density at radius 1 is 1.41 bits per heavy atom. The Hall–Kier alpha value is -1.40. The first-order valence-corrected chi connectivity index (χ1v) is 5.54. The summed E-state index contributed by atoms with van der Waals surface area (Å²) >= 11 is 0. The summed E-state index contributed by atoms with van der Waals surface area (Å²) in [4.78, 5) is 13.4. The molecule has 1 aliphatic rings. The molecule has 1 fully saturated rings. The second-order valence-electron chi connectivity index (χ2n) is 4.41. The molecule has 2 N–H and O–H groups in total. The molecule has 0 aromatic carbocycles. The number of β-amino-alcohol motifs (C(OH)–C–C–N with tert-alkyl or cyclic N) is 2. The van der Waals surface area contributed by atoms with Crippen molar-refractivity contribution in [3.05, 3.63) is 17.0 Å². The fourth-order valence-corrected chi connectivity index (χ4v) is 1.99. The van der Waals surface area contributed by atoms with Crippen LogP contribution in [0.2, 0.25) is 0 Å². The summed E-state index contributed by atoms with van der Waals surface area (Å²) in [5, 5.41) is 22.5. The van der Waals surface area contributed by atoms with Gasteiger partial charge in [-0.3, -0.25) is 4.79 Å². The van der Waals surface area contributed by atoms with E-state index in [1.165, 1.54) is 4.90 Å². The number of amides is 1. The number of likely N-dealkylation sites (tertiary alicyclic amines) is 1. The number of nitrogens with zero attached hydrogens (tertiary/aromatic N) is 2. The van der Waals surface area contributed by atoms with E-state index < -0.39 is 12.2 Å². The van der Waals surface area contributed by atoms with Gasteiger partial charge in [-0.1, -0.05) is 5.16 Å². The van der Waals surface area contributed by atoms with E-state index >= 15 is 0 Å². The highest BCUT2D eigenvalue weighted by molar-refractivity contribution is 5.79. The monoisotopic (exact) mass is 240 g/mol. The number of carbonyl (C=O) groups is 1. The summed E-state index contributed by atoms with van der Waals surface area (Å²) in [7, 11) is 0. The third-order valence-corrected chi connectivity index (χ3v) is 3.12. The van der Waals surface area contributed by atoms with Crippen molar-refractivity contribution in [3.8, 4) is 0 Å². The molecule has 1 aromatic heterocycles. The zero-order valence-corrected chi connectivity index (χ0v) is 9.88. The van der Waals surface area contributed by atoms with Gasteiger partial charge in [0.15, 0.2) is 0 Å². The van der Waals surface area contributed by atoms with Crippen LogP contribution < -0.4 is 0 Å². The average molecular weight is 240 g/mol. The third kappa shape index (κ3) is 2.32. The van der Waals surface area contributed by atoms with Gasteiger partial charge in [-0.15, -0.1) is 0 Å². The molecule has 2 heterocycles. The fraction of sp³-hybridized carbons (Fsp3) is 0.636. The number of hydrogen-bond acceptors (Lipinski definition) is 5. The number of carbonyl (C=O) groups excluding carboxylic acids is 1. The van der Waals surface area contributed by atoms with E-state index in [2.05, 4.69) is 5.16 Å². The Balaban J connectivity index is 2.03. The Bertz CT molecular complexity index is 400. The lowest BCUT2D eigenvalue weighted by Crippen LogP contribution is -2.31. The van der Waals surface area contributed by atoms with E-state index in [-0.39, 0.29) is 25.4 Å². The average Bonchev–Trinajstić information content (AvgIpc) is 2.76. The maximum atomic E-state index is 11.9. The molecule has 1 aromatic rings. The zero-order chi connectivity index (χ0) is 12.6. The Morgan fingerprint density at radius 2 is 2.00 bits per heavy atom. The number of hydrogen-bond donors (Lipinski definition) is 2. The van der Waals surface area contributed by atoms with Crippen LogP contribution in [0.3, 0.4) is 0 Å². The molecule has 0 aliphatic carbocycles. The normalized spacial score (nSPS) is 24.4. The number of rotatable bonds is 2. The number of aromatic nitrogens is 1. The molecule has 2 atom stereocenters. The summed E-state index contributed by atoms with van der Waals surface area (Å²) in [5.41, 5.74) is 1.49. The first-order valence-electron chi connectivity index (χ1n) is 5.54. The standard InChI is InChI=1S/C11H16N2O4/c1-6-8(7(2)17-12-6)3-11(16)13-4-9(14)10(15)5-13/h9-10,14-15H,3-5H2,1-2H3/t9-,10+. The number of aryl methyl sites for hydroxylation is 2. The van der Waals surface area contributed by atoms with Gasteiger partial charge >= 0.3 is 0 Å². The van der Waals surface area contributed by atoms with Crippen LogP contribution in [0.5, 0.6) is 0 Å². The minimum absolute atomic E-state index is 0.130. The van der Waals surface area contributed by atoms with E-state index in [0.29, 0.717) is 11.5 Å². The summed E-state index contributed by atoms with van der Waals surface area (Å²) in [5.74, 6) is 0.506. The van der Waals surface area contributed by atoms with Crippen molar-refractivity contribution in [2.24, 2.45) is 0 Å². The van der Waals surface area contributed by atoms with Crippen molar-refractivity contribution < 1.29 is 19.5 Å². The largest absolute Gasteiger partial charge is 0.388 e. The van der Waals surface area contributed by atoms with Crippen LogP contribution in [-0.4, -0.2) is 51.5 Å². The van der Waals surface area contributed by atoms with Gasteiger partial charge in [-0.25, -0.2) is 0 Å². The second kappa shape index (κ2) is 4.46. The topological polar surface area (TPSA) is 86.8 Å². The van der Waals surface area contributed by atoms with E-state index in [1.807, 2.05) is 0 Å². The summed E-state index contributed by atoms with van der Waals surface area (Å²) in [6.07, 6.45) is -1.49. The van der Waals surface area contributed by atoms with Crippen molar-refractivity contribution >= 4 is 5.91 Å². The SMILES string of the molecule is Cc1noc(C)c1CC(=O)N1C[C@@H](O)[C@@H](O)C1. The summed E-state index contributed by atoms with van der Waals surface area (Å²) in [6, 6.07) is 0. The molecule has 1 amide bonds. The first-order chi connectivity index (χ1) is 7.99. The van der Waals surface area contributed by atoms with E-state index in [0.717, 1.165) is 5.56 Å². The van der Waals surface area contributed by atoms with Crippen molar-refractivity contribution in [1.82, 2.24) is 10.1 Å². The lowest BCUT2D eigenvalue weighted by atomic mass is 10.1. The maximum Gasteiger partial charge on any atom is 0.227 e.